The summed E-state index contributed by atoms with van der Waals surface area (Å²) in [6.45, 7) is 2.21. The zero-order chi connectivity index (χ0) is 18.7. The molecule has 0 saturated heterocycles. The number of carbonyl (C=O) groups excluding carboxylic acids is 1. The van der Waals surface area contributed by atoms with Crippen molar-refractivity contribution >= 4 is 5.97 Å². The van der Waals surface area contributed by atoms with E-state index in [0.717, 1.165) is 19.3 Å². The van der Waals surface area contributed by atoms with Gasteiger partial charge < -0.3 is 4.74 Å². The Balaban J connectivity index is 2.30. The summed E-state index contributed by atoms with van der Waals surface area (Å²) >= 11 is 0. The molecule has 2 nitrogen and oxygen atoms in total. The van der Waals surface area contributed by atoms with Gasteiger partial charge in [0.2, 0.25) is 0 Å². The molecule has 0 fully saturated rings. The minimum atomic E-state index is -4.72. The van der Waals surface area contributed by atoms with Gasteiger partial charge in [-0.2, -0.15) is 13.2 Å². The number of alkyl halides is 3. The number of rotatable bonds is 11. The van der Waals surface area contributed by atoms with Crippen LogP contribution in [-0.2, 0) is 10.9 Å². The maximum Gasteiger partial charge on any atom is 0.417 e. The number of esters is 1. The highest BCUT2D eigenvalue weighted by atomic mass is 19.4. The number of unbranched alkanes of at least 4 members (excludes halogenated alkanes) is 8. The molecule has 142 valence electrons. The smallest absolute Gasteiger partial charge is 0.417 e. The van der Waals surface area contributed by atoms with E-state index < -0.39 is 29.1 Å². The van der Waals surface area contributed by atoms with Crippen molar-refractivity contribution in [1.82, 2.24) is 0 Å². The molecule has 1 aromatic carbocycles. The lowest BCUT2D eigenvalue weighted by Gasteiger charge is -2.12. The fourth-order valence-corrected chi connectivity index (χ4v) is 2.59. The summed E-state index contributed by atoms with van der Waals surface area (Å²) in [5.74, 6) is -2.03. The fourth-order valence-electron chi connectivity index (χ4n) is 2.59. The topological polar surface area (TPSA) is 26.3 Å². The number of benzene rings is 1. The van der Waals surface area contributed by atoms with Crippen molar-refractivity contribution in [2.24, 2.45) is 0 Å². The number of ether oxygens (including phenoxy) is 1. The van der Waals surface area contributed by atoms with Gasteiger partial charge in [-0.15, -0.1) is 0 Å². The molecule has 0 atom stereocenters. The highest BCUT2D eigenvalue weighted by Crippen LogP contribution is 2.32. The average molecular weight is 362 g/mol. The maximum atomic E-state index is 13.2. The zero-order valence-corrected chi connectivity index (χ0v) is 14.6. The summed E-state index contributed by atoms with van der Waals surface area (Å²) in [4.78, 5) is 11.8. The molecule has 0 saturated carbocycles. The average Bonchev–Trinajstić information content (AvgIpc) is 2.55. The minimum Gasteiger partial charge on any atom is -0.462 e. The second-order valence-electron chi connectivity index (χ2n) is 6.15. The molecule has 0 heterocycles. The van der Waals surface area contributed by atoms with Crippen molar-refractivity contribution in [2.45, 2.75) is 70.9 Å². The molecule has 0 N–H and O–H groups in total. The summed E-state index contributed by atoms with van der Waals surface area (Å²) in [7, 11) is 0. The normalized spacial score (nSPS) is 11.6. The van der Waals surface area contributed by atoms with E-state index in [0.29, 0.717) is 24.6 Å². The Kier molecular flexibility index (Phi) is 9.53. The van der Waals surface area contributed by atoms with Gasteiger partial charge in [0.1, 0.15) is 5.82 Å². The van der Waals surface area contributed by atoms with Crippen LogP contribution in [0.5, 0.6) is 0 Å². The molecule has 0 aromatic heterocycles. The van der Waals surface area contributed by atoms with Gasteiger partial charge in [0, 0.05) is 0 Å². The van der Waals surface area contributed by atoms with Crippen LogP contribution >= 0.6 is 0 Å². The molecular weight excluding hydrogens is 336 g/mol. The number of halogens is 4. The van der Waals surface area contributed by atoms with E-state index in [2.05, 4.69) is 6.92 Å². The molecule has 0 aliphatic rings. The maximum absolute atomic E-state index is 13.2. The Morgan fingerprint density at radius 2 is 1.52 bits per heavy atom. The summed E-state index contributed by atoms with van der Waals surface area (Å²) in [6.07, 6.45) is 4.98. The van der Waals surface area contributed by atoms with Gasteiger partial charge in [0.15, 0.2) is 0 Å². The fraction of sp³-hybridized carbons (Fsp3) is 0.632. The second kappa shape index (κ2) is 11.1. The summed E-state index contributed by atoms with van der Waals surface area (Å²) in [6, 6.07) is 1.81. The SMILES string of the molecule is CCCCCCCCCCCOC(=O)c1cc(F)ccc1C(F)(F)F. The lowest BCUT2D eigenvalue weighted by molar-refractivity contribution is -0.138. The van der Waals surface area contributed by atoms with Gasteiger partial charge in [-0.05, 0) is 24.6 Å². The third-order valence-electron chi connectivity index (χ3n) is 3.99. The molecule has 0 aliphatic heterocycles. The van der Waals surface area contributed by atoms with E-state index in [1.54, 1.807) is 0 Å². The van der Waals surface area contributed by atoms with Gasteiger partial charge in [-0.3, -0.25) is 0 Å². The van der Waals surface area contributed by atoms with Crippen LogP contribution in [0.25, 0.3) is 0 Å². The third-order valence-corrected chi connectivity index (χ3v) is 3.99. The van der Waals surface area contributed by atoms with Crippen molar-refractivity contribution in [3.8, 4) is 0 Å². The zero-order valence-electron chi connectivity index (χ0n) is 14.6. The summed E-state index contributed by atoms with van der Waals surface area (Å²) < 4.78 is 56.6. The van der Waals surface area contributed by atoms with E-state index in [1.165, 1.54) is 32.1 Å². The van der Waals surface area contributed by atoms with E-state index in [4.69, 9.17) is 4.74 Å². The Morgan fingerprint density at radius 3 is 2.08 bits per heavy atom. The van der Waals surface area contributed by atoms with Crippen LogP contribution in [0.3, 0.4) is 0 Å². The Bertz CT molecular complexity index is 527. The van der Waals surface area contributed by atoms with Gasteiger partial charge >= 0.3 is 12.1 Å². The molecule has 0 unspecified atom stereocenters. The van der Waals surface area contributed by atoms with Gasteiger partial charge in [0.25, 0.3) is 0 Å². The van der Waals surface area contributed by atoms with Crippen molar-refractivity contribution in [1.29, 1.82) is 0 Å². The number of hydrogen-bond donors (Lipinski definition) is 0. The largest absolute Gasteiger partial charge is 0.462 e. The quantitative estimate of drug-likeness (QED) is 0.254. The van der Waals surface area contributed by atoms with Crippen LogP contribution in [0.15, 0.2) is 18.2 Å². The van der Waals surface area contributed by atoms with Crippen LogP contribution in [0, 0.1) is 5.82 Å². The molecule has 0 amide bonds. The predicted molar refractivity (Wildman–Crippen MR) is 88.9 cm³/mol. The number of hydrogen-bond acceptors (Lipinski definition) is 2. The van der Waals surface area contributed by atoms with Crippen molar-refractivity contribution in [2.75, 3.05) is 6.61 Å². The van der Waals surface area contributed by atoms with E-state index in [1.807, 2.05) is 0 Å². The van der Waals surface area contributed by atoms with E-state index in [-0.39, 0.29) is 6.61 Å². The lowest BCUT2D eigenvalue weighted by Crippen LogP contribution is -2.16. The molecule has 0 aliphatic carbocycles. The predicted octanol–water partition coefficient (Wildman–Crippen LogP) is 6.53. The third kappa shape index (κ3) is 8.36. The molecule has 1 rings (SSSR count). The van der Waals surface area contributed by atoms with Crippen molar-refractivity contribution in [3.05, 3.63) is 35.1 Å². The molecule has 0 radical (unpaired) electrons. The highest BCUT2D eigenvalue weighted by Gasteiger charge is 2.35. The molecular formula is C19H26F4O2. The van der Waals surface area contributed by atoms with Crippen LogP contribution in [-0.4, -0.2) is 12.6 Å². The molecule has 0 bridgehead atoms. The first kappa shape index (κ1) is 21.5. The lowest BCUT2D eigenvalue weighted by atomic mass is 10.1. The van der Waals surface area contributed by atoms with Gasteiger partial charge in [-0.25, -0.2) is 9.18 Å². The standard InChI is InChI=1S/C19H26F4O2/c1-2-3-4-5-6-7-8-9-10-13-25-18(24)16-14-15(20)11-12-17(16)19(21,22)23/h11-12,14H,2-10,13H2,1H3. The molecule has 1 aromatic rings. The summed E-state index contributed by atoms with van der Waals surface area (Å²) in [5, 5.41) is 0. The van der Waals surface area contributed by atoms with E-state index in [9.17, 15) is 22.4 Å². The monoisotopic (exact) mass is 362 g/mol. The minimum absolute atomic E-state index is 0.0441. The molecule has 0 spiro atoms. The van der Waals surface area contributed by atoms with Gasteiger partial charge in [0.05, 0.1) is 17.7 Å². The Morgan fingerprint density at radius 1 is 0.960 bits per heavy atom. The first-order valence-corrected chi connectivity index (χ1v) is 8.90. The van der Waals surface area contributed by atoms with Crippen molar-refractivity contribution in [3.63, 3.8) is 0 Å². The van der Waals surface area contributed by atoms with Crippen LogP contribution in [0.2, 0.25) is 0 Å². The van der Waals surface area contributed by atoms with E-state index >= 15 is 0 Å². The molecule has 25 heavy (non-hydrogen) atoms. The van der Waals surface area contributed by atoms with Crippen LogP contribution in [0.1, 0.15) is 80.6 Å². The van der Waals surface area contributed by atoms with Crippen LogP contribution < -0.4 is 0 Å². The first-order valence-electron chi connectivity index (χ1n) is 8.90. The first-order chi connectivity index (χ1) is 11.9. The Hall–Kier alpha value is -1.59. The summed E-state index contributed by atoms with van der Waals surface area (Å²) in [5.41, 5.74) is -1.95. The second-order valence-corrected chi connectivity index (χ2v) is 6.15. The van der Waals surface area contributed by atoms with Crippen LogP contribution in [0.4, 0.5) is 17.6 Å². The van der Waals surface area contributed by atoms with Crippen molar-refractivity contribution < 1.29 is 27.1 Å². The number of carbonyl (C=O) groups is 1. The van der Waals surface area contributed by atoms with Gasteiger partial charge in [-0.1, -0.05) is 58.3 Å². The Labute approximate surface area is 146 Å². The highest BCUT2D eigenvalue weighted by molar-refractivity contribution is 5.91. The molecule has 6 heteroatoms.